The van der Waals surface area contributed by atoms with Crippen LogP contribution in [0, 0.1) is 6.92 Å². The Hall–Kier alpha value is -2.67. The summed E-state index contributed by atoms with van der Waals surface area (Å²) in [5.41, 5.74) is 3.07. The second kappa shape index (κ2) is 7.94. The van der Waals surface area contributed by atoms with Crippen LogP contribution in [0.5, 0.6) is 0 Å². The maximum absolute atomic E-state index is 12.3. The minimum Gasteiger partial charge on any atom is -0.351 e. The largest absolute Gasteiger partial charge is 0.351 e. The zero-order valence-electron chi connectivity index (χ0n) is 14.1. The van der Waals surface area contributed by atoms with Crippen molar-refractivity contribution in [3.8, 4) is 5.69 Å². The lowest BCUT2D eigenvalue weighted by Crippen LogP contribution is -2.30. The van der Waals surface area contributed by atoms with Gasteiger partial charge < -0.3 is 5.32 Å². The van der Waals surface area contributed by atoms with Crippen LogP contribution in [-0.4, -0.2) is 31.4 Å². The lowest BCUT2D eigenvalue weighted by atomic mass is 10.2. The third kappa shape index (κ3) is 4.45. The van der Waals surface area contributed by atoms with Gasteiger partial charge in [-0.2, -0.15) is 4.68 Å². The van der Waals surface area contributed by atoms with Crippen LogP contribution < -0.4 is 5.32 Å². The molecular weight excluding hydrogens is 334 g/mol. The number of aryl methyl sites for hydroxylation is 1. The SMILES string of the molecule is Cc1cccc(-n2nnnc2SC(C)C(=O)NCc2ccccc2)c1. The summed E-state index contributed by atoms with van der Waals surface area (Å²) in [5, 5.41) is 15.1. The fourth-order valence-corrected chi connectivity index (χ4v) is 3.15. The zero-order chi connectivity index (χ0) is 17.6. The molecule has 0 bridgehead atoms. The topological polar surface area (TPSA) is 72.7 Å². The van der Waals surface area contributed by atoms with E-state index < -0.39 is 0 Å². The molecule has 1 N–H and O–H groups in total. The summed E-state index contributed by atoms with van der Waals surface area (Å²) in [6.07, 6.45) is 0. The molecule has 0 fully saturated rings. The average molecular weight is 353 g/mol. The fraction of sp³-hybridized carbons (Fsp3) is 0.222. The Morgan fingerprint density at radius 2 is 2.00 bits per heavy atom. The molecule has 0 aliphatic rings. The number of nitrogens with zero attached hydrogens (tertiary/aromatic N) is 4. The molecule has 1 aromatic heterocycles. The number of aromatic nitrogens is 4. The molecule has 0 spiro atoms. The van der Waals surface area contributed by atoms with Crippen molar-refractivity contribution in [1.82, 2.24) is 25.5 Å². The summed E-state index contributed by atoms with van der Waals surface area (Å²) >= 11 is 1.34. The highest BCUT2D eigenvalue weighted by molar-refractivity contribution is 8.00. The van der Waals surface area contributed by atoms with Crippen LogP contribution in [0.3, 0.4) is 0 Å². The molecular formula is C18H19N5OS. The van der Waals surface area contributed by atoms with Crippen molar-refractivity contribution < 1.29 is 4.79 Å². The van der Waals surface area contributed by atoms with Gasteiger partial charge in [-0.3, -0.25) is 4.79 Å². The number of benzene rings is 2. The molecule has 3 aromatic rings. The van der Waals surface area contributed by atoms with Crippen molar-refractivity contribution in [2.75, 3.05) is 0 Å². The van der Waals surface area contributed by atoms with Crippen LogP contribution in [-0.2, 0) is 11.3 Å². The van der Waals surface area contributed by atoms with Crippen molar-refractivity contribution >= 4 is 17.7 Å². The normalized spacial score (nSPS) is 11.9. The quantitative estimate of drug-likeness (QED) is 0.690. The predicted molar refractivity (Wildman–Crippen MR) is 97.5 cm³/mol. The summed E-state index contributed by atoms with van der Waals surface area (Å²) < 4.78 is 1.65. The van der Waals surface area contributed by atoms with Gasteiger partial charge in [0.15, 0.2) is 0 Å². The molecule has 3 rings (SSSR count). The molecule has 0 aliphatic heterocycles. The van der Waals surface area contributed by atoms with E-state index in [9.17, 15) is 4.79 Å². The number of rotatable bonds is 6. The Bertz CT molecular complexity index is 849. The molecule has 0 radical (unpaired) electrons. The number of tetrazole rings is 1. The Morgan fingerprint density at radius 3 is 2.76 bits per heavy atom. The fourth-order valence-electron chi connectivity index (χ4n) is 2.31. The van der Waals surface area contributed by atoms with Crippen LogP contribution >= 0.6 is 11.8 Å². The van der Waals surface area contributed by atoms with E-state index in [1.165, 1.54) is 11.8 Å². The van der Waals surface area contributed by atoms with E-state index >= 15 is 0 Å². The monoisotopic (exact) mass is 353 g/mol. The molecule has 1 heterocycles. The Labute approximate surface area is 150 Å². The molecule has 0 saturated heterocycles. The van der Waals surface area contributed by atoms with Crippen LogP contribution in [0.25, 0.3) is 5.69 Å². The molecule has 7 heteroatoms. The van der Waals surface area contributed by atoms with Gasteiger partial charge in [-0.15, -0.1) is 5.10 Å². The maximum atomic E-state index is 12.3. The van der Waals surface area contributed by atoms with Gasteiger partial charge in [0, 0.05) is 6.54 Å². The number of carbonyl (C=O) groups excluding carboxylic acids is 1. The van der Waals surface area contributed by atoms with Gasteiger partial charge >= 0.3 is 0 Å². The molecule has 1 unspecified atom stereocenters. The first kappa shape index (κ1) is 17.2. The minimum absolute atomic E-state index is 0.0485. The summed E-state index contributed by atoms with van der Waals surface area (Å²) in [4.78, 5) is 12.3. The van der Waals surface area contributed by atoms with Crippen molar-refractivity contribution in [3.05, 3.63) is 65.7 Å². The van der Waals surface area contributed by atoms with Gasteiger partial charge in [-0.05, 0) is 47.5 Å². The van der Waals surface area contributed by atoms with Gasteiger partial charge in [0.2, 0.25) is 11.1 Å². The van der Waals surface area contributed by atoms with Crippen molar-refractivity contribution in [2.45, 2.75) is 30.8 Å². The van der Waals surface area contributed by atoms with Crippen molar-refractivity contribution in [2.24, 2.45) is 0 Å². The second-order valence-electron chi connectivity index (χ2n) is 5.68. The average Bonchev–Trinajstić information content (AvgIpc) is 3.08. The van der Waals surface area contributed by atoms with Crippen LogP contribution in [0.15, 0.2) is 59.8 Å². The minimum atomic E-state index is -0.307. The molecule has 0 aliphatic carbocycles. The van der Waals surface area contributed by atoms with Crippen molar-refractivity contribution in [3.63, 3.8) is 0 Å². The standard InChI is InChI=1S/C18H19N5OS/c1-13-7-6-10-16(11-13)23-18(20-21-22-23)25-14(2)17(24)19-12-15-8-4-3-5-9-15/h3-11,14H,12H2,1-2H3,(H,19,24). The molecule has 128 valence electrons. The highest BCUT2D eigenvalue weighted by Crippen LogP contribution is 2.23. The van der Waals surface area contributed by atoms with Gasteiger partial charge in [0.25, 0.3) is 0 Å². The molecule has 1 atom stereocenters. The van der Waals surface area contributed by atoms with E-state index in [0.29, 0.717) is 11.7 Å². The van der Waals surface area contributed by atoms with Crippen LogP contribution in [0.1, 0.15) is 18.1 Å². The number of hydrogen-bond acceptors (Lipinski definition) is 5. The third-order valence-electron chi connectivity index (χ3n) is 3.65. The Morgan fingerprint density at radius 1 is 1.20 bits per heavy atom. The maximum Gasteiger partial charge on any atom is 0.233 e. The Balaban J connectivity index is 1.64. The number of hydrogen-bond donors (Lipinski definition) is 1. The summed E-state index contributed by atoms with van der Waals surface area (Å²) in [7, 11) is 0. The van der Waals surface area contributed by atoms with Crippen LogP contribution in [0.2, 0.25) is 0 Å². The number of thioether (sulfide) groups is 1. The number of carbonyl (C=O) groups is 1. The van der Waals surface area contributed by atoms with E-state index in [1.807, 2.05) is 68.4 Å². The lowest BCUT2D eigenvalue weighted by Gasteiger charge is -2.12. The number of amides is 1. The molecule has 1 amide bonds. The first-order valence-corrected chi connectivity index (χ1v) is 8.85. The van der Waals surface area contributed by atoms with E-state index in [1.54, 1.807) is 4.68 Å². The van der Waals surface area contributed by atoms with Gasteiger partial charge in [0.1, 0.15) is 0 Å². The van der Waals surface area contributed by atoms with Gasteiger partial charge in [-0.25, -0.2) is 0 Å². The highest BCUT2D eigenvalue weighted by atomic mass is 32.2. The van der Waals surface area contributed by atoms with Crippen molar-refractivity contribution in [1.29, 1.82) is 0 Å². The van der Waals surface area contributed by atoms with E-state index in [4.69, 9.17) is 0 Å². The highest BCUT2D eigenvalue weighted by Gasteiger charge is 2.19. The van der Waals surface area contributed by atoms with Crippen LogP contribution in [0.4, 0.5) is 0 Å². The predicted octanol–water partition coefficient (Wildman–Crippen LogP) is 2.77. The first-order chi connectivity index (χ1) is 12.1. The first-order valence-electron chi connectivity index (χ1n) is 7.97. The molecule has 25 heavy (non-hydrogen) atoms. The zero-order valence-corrected chi connectivity index (χ0v) is 14.9. The molecule has 6 nitrogen and oxygen atoms in total. The summed E-state index contributed by atoms with van der Waals surface area (Å²) in [6, 6.07) is 17.7. The Kier molecular flexibility index (Phi) is 5.45. The third-order valence-corrected chi connectivity index (χ3v) is 4.68. The molecule has 2 aromatic carbocycles. The second-order valence-corrected chi connectivity index (χ2v) is 6.98. The summed E-state index contributed by atoms with van der Waals surface area (Å²) in [5.74, 6) is -0.0485. The van der Waals surface area contributed by atoms with Gasteiger partial charge in [0.05, 0.1) is 10.9 Å². The number of nitrogens with one attached hydrogen (secondary N) is 1. The van der Waals surface area contributed by atoms with Gasteiger partial charge in [-0.1, -0.05) is 54.2 Å². The van der Waals surface area contributed by atoms with E-state index in [2.05, 4.69) is 20.8 Å². The van der Waals surface area contributed by atoms with E-state index in [0.717, 1.165) is 16.8 Å². The van der Waals surface area contributed by atoms with E-state index in [-0.39, 0.29) is 11.2 Å². The smallest absolute Gasteiger partial charge is 0.233 e. The lowest BCUT2D eigenvalue weighted by molar-refractivity contribution is -0.120. The summed E-state index contributed by atoms with van der Waals surface area (Å²) in [6.45, 7) is 4.37. The molecule has 0 saturated carbocycles.